The first-order valence-corrected chi connectivity index (χ1v) is 6.49. The highest BCUT2D eigenvalue weighted by Gasteiger charge is 2.09. The van der Waals surface area contributed by atoms with Crippen LogP contribution in [0.15, 0.2) is 18.3 Å². The van der Waals surface area contributed by atoms with Crippen LogP contribution in [0.2, 0.25) is 0 Å². The smallest absolute Gasteiger partial charge is 0.131 e. The van der Waals surface area contributed by atoms with E-state index in [1.807, 2.05) is 12.1 Å². The van der Waals surface area contributed by atoms with Gasteiger partial charge in [0.2, 0.25) is 0 Å². The van der Waals surface area contributed by atoms with Crippen LogP contribution in [0.3, 0.4) is 0 Å². The van der Waals surface area contributed by atoms with Crippen LogP contribution in [0.25, 0.3) is 0 Å². The molecule has 100 valence electrons. The zero-order valence-corrected chi connectivity index (χ0v) is 10.6. The fraction of sp³-hybridized carbons (Fsp3) is 0.615. The van der Waals surface area contributed by atoms with Gasteiger partial charge in [0.15, 0.2) is 0 Å². The monoisotopic (exact) mass is 251 g/mol. The van der Waals surface area contributed by atoms with E-state index < -0.39 is 0 Å². The molecule has 1 aliphatic rings. The van der Waals surface area contributed by atoms with Gasteiger partial charge in [-0.2, -0.15) is 0 Å². The van der Waals surface area contributed by atoms with E-state index in [1.165, 1.54) is 0 Å². The Morgan fingerprint density at radius 1 is 1.39 bits per heavy atom. The summed E-state index contributed by atoms with van der Waals surface area (Å²) in [6, 6.07) is 3.72. The van der Waals surface area contributed by atoms with Gasteiger partial charge in [-0.3, -0.25) is 4.90 Å². The maximum atomic E-state index is 9.18. The quantitative estimate of drug-likeness (QED) is 0.729. The Balaban J connectivity index is 1.68. The van der Waals surface area contributed by atoms with Crippen LogP contribution >= 0.6 is 0 Å². The van der Waals surface area contributed by atoms with E-state index in [1.54, 1.807) is 6.20 Å². The number of hydrogen-bond donors (Lipinski definition) is 2. The second-order valence-electron chi connectivity index (χ2n) is 4.40. The minimum absolute atomic E-state index is 0.0274. The Bertz CT molecular complexity index is 354. The minimum Gasteiger partial charge on any atom is -0.392 e. The lowest BCUT2D eigenvalue weighted by Crippen LogP contribution is -2.37. The lowest BCUT2D eigenvalue weighted by atomic mass is 10.2. The average Bonchev–Trinajstić information content (AvgIpc) is 2.45. The predicted molar refractivity (Wildman–Crippen MR) is 70.5 cm³/mol. The fourth-order valence-corrected chi connectivity index (χ4v) is 2.06. The number of aliphatic hydroxyl groups is 1. The highest BCUT2D eigenvalue weighted by molar-refractivity contribution is 5.42. The highest BCUT2D eigenvalue weighted by atomic mass is 16.5. The van der Waals surface area contributed by atoms with Crippen LogP contribution < -0.4 is 5.32 Å². The molecule has 0 saturated carbocycles. The first kappa shape index (κ1) is 13.3. The highest BCUT2D eigenvalue weighted by Crippen LogP contribution is 2.10. The third-order valence-electron chi connectivity index (χ3n) is 3.11. The summed E-state index contributed by atoms with van der Waals surface area (Å²) in [4.78, 5) is 6.64. The van der Waals surface area contributed by atoms with Crippen LogP contribution in [0, 0.1) is 0 Å². The molecule has 1 saturated heterocycles. The average molecular weight is 251 g/mol. The molecule has 1 fully saturated rings. The van der Waals surface area contributed by atoms with Crippen molar-refractivity contribution in [2.45, 2.75) is 13.0 Å². The van der Waals surface area contributed by atoms with Gasteiger partial charge in [0.05, 0.1) is 19.8 Å². The SMILES string of the molecule is OCc1cccnc1NCCCN1CCOCC1. The van der Waals surface area contributed by atoms with Crippen molar-refractivity contribution in [3.8, 4) is 0 Å². The largest absolute Gasteiger partial charge is 0.392 e. The van der Waals surface area contributed by atoms with Crippen molar-refractivity contribution >= 4 is 5.82 Å². The summed E-state index contributed by atoms with van der Waals surface area (Å²) in [5, 5.41) is 12.5. The molecule has 18 heavy (non-hydrogen) atoms. The lowest BCUT2D eigenvalue weighted by molar-refractivity contribution is 0.0378. The van der Waals surface area contributed by atoms with Gasteiger partial charge < -0.3 is 15.2 Å². The number of pyridine rings is 1. The van der Waals surface area contributed by atoms with Gasteiger partial charge in [-0.25, -0.2) is 4.98 Å². The number of aromatic nitrogens is 1. The fourth-order valence-electron chi connectivity index (χ4n) is 2.06. The number of nitrogens with zero attached hydrogens (tertiary/aromatic N) is 2. The van der Waals surface area contributed by atoms with Crippen molar-refractivity contribution in [2.24, 2.45) is 0 Å². The third-order valence-corrected chi connectivity index (χ3v) is 3.11. The number of morpholine rings is 1. The summed E-state index contributed by atoms with van der Waals surface area (Å²) < 4.78 is 5.31. The molecular weight excluding hydrogens is 230 g/mol. The van der Waals surface area contributed by atoms with E-state index in [0.29, 0.717) is 0 Å². The summed E-state index contributed by atoms with van der Waals surface area (Å²) in [7, 11) is 0. The van der Waals surface area contributed by atoms with Crippen LogP contribution in [0.1, 0.15) is 12.0 Å². The molecule has 0 aromatic carbocycles. The molecule has 0 atom stereocenters. The molecule has 2 N–H and O–H groups in total. The van der Waals surface area contributed by atoms with E-state index in [2.05, 4.69) is 15.2 Å². The number of anilines is 1. The molecule has 0 amide bonds. The maximum Gasteiger partial charge on any atom is 0.131 e. The van der Waals surface area contributed by atoms with E-state index in [0.717, 1.165) is 57.2 Å². The second kappa shape index (κ2) is 7.31. The molecule has 5 heteroatoms. The Hall–Kier alpha value is -1.17. The van der Waals surface area contributed by atoms with Gasteiger partial charge in [-0.05, 0) is 19.0 Å². The number of nitrogens with one attached hydrogen (secondary N) is 1. The topological polar surface area (TPSA) is 57.6 Å². The molecule has 1 aromatic heterocycles. The van der Waals surface area contributed by atoms with Crippen LogP contribution in [0.4, 0.5) is 5.82 Å². The standard InChI is InChI=1S/C13H21N3O2/c17-11-12-3-1-4-14-13(12)15-5-2-6-16-7-9-18-10-8-16/h1,3-4,17H,2,5-11H2,(H,14,15). The molecule has 2 rings (SSSR count). The van der Waals surface area contributed by atoms with E-state index >= 15 is 0 Å². The maximum absolute atomic E-state index is 9.18. The van der Waals surface area contributed by atoms with Crippen molar-refractivity contribution in [2.75, 3.05) is 44.7 Å². The molecule has 1 aromatic rings. The molecule has 0 radical (unpaired) electrons. The normalized spacial score (nSPS) is 16.7. The van der Waals surface area contributed by atoms with Gasteiger partial charge in [0.1, 0.15) is 5.82 Å². The van der Waals surface area contributed by atoms with Crippen LogP contribution in [-0.4, -0.2) is 54.4 Å². The lowest BCUT2D eigenvalue weighted by Gasteiger charge is -2.26. The predicted octanol–water partition coefficient (Wildman–Crippen LogP) is 0.708. The second-order valence-corrected chi connectivity index (χ2v) is 4.40. The molecule has 0 bridgehead atoms. The zero-order chi connectivity index (χ0) is 12.6. The first-order valence-electron chi connectivity index (χ1n) is 6.49. The van der Waals surface area contributed by atoms with Gasteiger partial charge in [-0.1, -0.05) is 6.07 Å². The van der Waals surface area contributed by atoms with Crippen molar-refractivity contribution in [3.63, 3.8) is 0 Å². The van der Waals surface area contributed by atoms with Gasteiger partial charge in [0.25, 0.3) is 0 Å². The van der Waals surface area contributed by atoms with Gasteiger partial charge in [-0.15, -0.1) is 0 Å². The van der Waals surface area contributed by atoms with E-state index in [-0.39, 0.29) is 6.61 Å². The first-order chi connectivity index (χ1) is 8.90. The third kappa shape index (κ3) is 3.94. The van der Waals surface area contributed by atoms with Crippen LogP contribution in [-0.2, 0) is 11.3 Å². The Morgan fingerprint density at radius 3 is 3.00 bits per heavy atom. The van der Waals surface area contributed by atoms with Gasteiger partial charge >= 0.3 is 0 Å². The number of ether oxygens (including phenoxy) is 1. The van der Waals surface area contributed by atoms with E-state index in [4.69, 9.17) is 4.74 Å². The molecule has 2 heterocycles. The number of rotatable bonds is 6. The Morgan fingerprint density at radius 2 is 2.22 bits per heavy atom. The van der Waals surface area contributed by atoms with Crippen molar-refractivity contribution < 1.29 is 9.84 Å². The minimum atomic E-state index is 0.0274. The Labute approximate surface area is 108 Å². The van der Waals surface area contributed by atoms with E-state index in [9.17, 15) is 5.11 Å². The summed E-state index contributed by atoms with van der Waals surface area (Å²) in [6.07, 6.45) is 2.81. The molecule has 5 nitrogen and oxygen atoms in total. The Kier molecular flexibility index (Phi) is 5.38. The summed E-state index contributed by atoms with van der Waals surface area (Å²) in [5.41, 5.74) is 0.851. The van der Waals surface area contributed by atoms with Crippen molar-refractivity contribution in [1.82, 2.24) is 9.88 Å². The number of aliphatic hydroxyl groups excluding tert-OH is 1. The molecule has 0 unspecified atom stereocenters. The summed E-state index contributed by atoms with van der Waals surface area (Å²) in [6.45, 7) is 5.75. The summed E-state index contributed by atoms with van der Waals surface area (Å²) in [5.74, 6) is 0.793. The molecule has 1 aliphatic heterocycles. The number of hydrogen-bond acceptors (Lipinski definition) is 5. The zero-order valence-electron chi connectivity index (χ0n) is 10.6. The molecule has 0 aliphatic carbocycles. The molecular formula is C13H21N3O2. The van der Waals surface area contributed by atoms with Gasteiger partial charge in [0, 0.05) is 31.4 Å². The molecule has 0 spiro atoms. The van der Waals surface area contributed by atoms with Crippen LogP contribution in [0.5, 0.6) is 0 Å². The van der Waals surface area contributed by atoms with Crippen molar-refractivity contribution in [1.29, 1.82) is 0 Å². The summed E-state index contributed by atoms with van der Waals surface area (Å²) >= 11 is 0. The van der Waals surface area contributed by atoms with Crippen molar-refractivity contribution in [3.05, 3.63) is 23.9 Å².